The molecule has 2 atom stereocenters. The second kappa shape index (κ2) is 17.5. The van der Waals surface area contributed by atoms with Gasteiger partial charge in [-0.2, -0.15) is 0 Å². The van der Waals surface area contributed by atoms with E-state index in [1.54, 1.807) is 0 Å². The van der Waals surface area contributed by atoms with Crippen LogP contribution in [0.2, 0.25) is 0 Å². The molecule has 0 aliphatic rings. The van der Waals surface area contributed by atoms with E-state index in [9.17, 15) is 24.0 Å². The Balaban J connectivity index is 2.80. The summed E-state index contributed by atoms with van der Waals surface area (Å²) in [5.74, 6) is -1.47. The Morgan fingerprint density at radius 2 is 1.38 bits per heavy atom. The molecule has 0 fully saturated rings. The van der Waals surface area contributed by atoms with Crippen LogP contribution in [0, 0.1) is 32.6 Å². The smallest absolute Gasteiger partial charge is 0.339 e. The molecule has 0 aliphatic carbocycles. The van der Waals surface area contributed by atoms with Crippen LogP contribution in [0.4, 0.5) is 0 Å². The van der Waals surface area contributed by atoms with Gasteiger partial charge in [-0.1, -0.05) is 51.8 Å². The molecule has 224 valence electrons. The topological polar surface area (TPSA) is 131 Å². The normalized spacial score (nSPS) is 12.6. The summed E-state index contributed by atoms with van der Waals surface area (Å²) in [7, 11) is 0. The fourth-order valence-electron chi connectivity index (χ4n) is 4.65. The number of Topliss-reactive ketones (excluding diaryl/α,β-unsaturated/α-hetero) is 1. The van der Waals surface area contributed by atoms with Crippen molar-refractivity contribution < 1.29 is 28.7 Å². The van der Waals surface area contributed by atoms with Gasteiger partial charge in [-0.25, -0.2) is 4.79 Å². The number of amides is 3. The lowest BCUT2D eigenvalue weighted by molar-refractivity contribution is -0.133. The summed E-state index contributed by atoms with van der Waals surface area (Å²) in [6.07, 6.45) is 3.26. The molecule has 3 N–H and O–H groups in total. The molecule has 0 saturated carbocycles. The molecule has 1 aromatic rings. The zero-order valence-corrected chi connectivity index (χ0v) is 25.6. The van der Waals surface area contributed by atoms with Crippen LogP contribution in [-0.2, 0) is 23.9 Å². The van der Waals surface area contributed by atoms with Gasteiger partial charge in [-0.15, -0.1) is 0 Å². The fourth-order valence-corrected chi connectivity index (χ4v) is 4.65. The van der Waals surface area contributed by atoms with E-state index in [0.717, 1.165) is 29.5 Å². The minimum absolute atomic E-state index is 0.0795. The lowest BCUT2D eigenvalue weighted by Gasteiger charge is -2.25. The molecule has 0 saturated heterocycles. The summed E-state index contributed by atoms with van der Waals surface area (Å²) >= 11 is 0. The monoisotopic (exact) mass is 559 g/mol. The van der Waals surface area contributed by atoms with Gasteiger partial charge in [0, 0.05) is 19.9 Å². The van der Waals surface area contributed by atoms with Crippen LogP contribution in [-0.4, -0.2) is 54.7 Å². The summed E-state index contributed by atoms with van der Waals surface area (Å²) in [5, 5.41) is 8.36. The van der Waals surface area contributed by atoms with Crippen molar-refractivity contribution in [2.45, 2.75) is 106 Å². The molecule has 0 aromatic heterocycles. The van der Waals surface area contributed by atoms with Crippen molar-refractivity contribution in [1.82, 2.24) is 16.0 Å². The molecule has 1 rings (SSSR count). The van der Waals surface area contributed by atoms with Gasteiger partial charge in [0.05, 0.1) is 11.6 Å². The van der Waals surface area contributed by atoms with Crippen molar-refractivity contribution in [2.24, 2.45) is 11.8 Å². The molecule has 0 aliphatic heterocycles. The number of ether oxygens (including phenoxy) is 1. The Labute approximate surface area is 239 Å². The first-order valence-corrected chi connectivity index (χ1v) is 14.3. The van der Waals surface area contributed by atoms with Gasteiger partial charge in [0.2, 0.25) is 17.7 Å². The van der Waals surface area contributed by atoms with E-state index in [1.165, 1.54) is 6.92 Å². The minimum atomic E-state index is -0.846. The number of hydrogen-bond acceptors (Lipinski definition) is 6. The van der Waals surface area contributed by atoms with Crippen molar-refractivity contribution in [3.8, 4) is 0 Å². The van der Waals surface area contributed by atoms with Crippen LogP contribution < -0.4 is 16.0 Å². The second-order valence-corrected chi connectivity index (χ2v) is 11.6. The lowest BCUT2D eigenvalue weighted by Crippen LogP contribution is -2.53. The number of benzene rings is 1. The van der Waals surface area contributed by atoms with Crippen molar-refractivity contribution in [1.29, 1.82) is 0 Å². The van der Waals surface area contributed by atoms with E-state index < -0.39 is 36.4 Å². The first-order valence-electron chi connectivity index (χ1n) is 14.3. The van der Waals surface area contributed by atoms with E-state index in [-0.39, 0.29) is 30.1 Å². The highest BCUT2D eigenvalue weighted by atomic mass is 16.5. The van der Waals surface area contributed by atoms with Crippen LogP contribution in [0.3, 0.4) is 0 Å². The zero-order valence-electron chi connectivity index (χ0n) is 25.6. The number of unbranched alkanes of at least 4 members (excludes halogenated alkanes) is 2. The average molecular weight is 560 g/mol. The van der Waals surface area contributed by atoms with E-state index in [0.29, 0.717) is 31.4 Å². The Morgan fingerprint density at radius 3 is 1.93 bits per heavy atom. The van der Waals surface area contributed by atoms with Gasteiger partial charge in [0.1, 0.15) is 6.04 Å². The number of ketones is 1. The summed E-state index contributed by atoms with van der Waals surface area (Å²) < 4.78 is 5.38. The largest absolute Gasteiger partial charge is 0.454 e. The Kier molecular flexibility index (Phi) is 15.2. The standard InChI is InChI=1S/C31H49N3O6/c1-19(2)14-25(27(36)18-40-31(39)29-22(6)16-21(5)17-23(29)7)34-30(38)26(15-20(3)4)33-28(37)12-10-9-11-13-32-24(8)35/h16-17,19-20,25-26H,9-15,18H2,1-8H3,(H,32,35)(H,33,37)(H,34,38)/t25-,26-/m0/s1. The van der Waals surface area contributed by atoms with E-state index >= 15 is 0 Å². The van der Waals surface area contributed by atoms with Gasteiger partial charge < -0.3 is 20.7 Å². The average Bonchev–Trinajstić information content (AvgIpc) is 2.82. The number of aryl methyl sites for hydroxylation is 3. The minimum Gasteiger partial charge on any atom is -0.454 e. The fraction of sp³-hybridized carbons (Fsp3) is 0.645. The quantitative estimate of drug-likeness (QED) is 0.195. The number of carbonyl (C=O) groups excluding carboxylic acids is 5. The predicted molar refractivity (Wildman–Crippen MR) is 156 cm³/mol. The molecule has 1 aromatic carbocycles. The van der Waals surface area contributed by atoms with Crippen molar-refractivity contribution in [3.63, 3.8) is 0 Å². The van der Waals surface area contributed by atoms with Crippen LogP contribution >= 0.6 is 0 Å². The van der Waals surface area contributed by atoms with E-state index in [1.807, 2.05) is 60.6 Å². The number of esters is 1. The van der Waals surface area contributed by atoms with Gasteiger partial charge in [-0.3, -0.25) is 19.2 Å². The molecule has 3 amide bonds. The van der Waals surface area contributed by atoms with Crippen molar-refractivity contribution >= 4 is 29.5 Å². The molecule has 9 heteroatoms. The third kappa shape index (κ3) is 13.2. The maximum absolute atomic E-state index is 13.2. The molecular formula is C31H49N3O6. The van der Waals surface area contributed by atoms with Gasteiger partial charge in [0.25, 0.3) is 0 Å². The third-order valence-electron chi connectivity index (χ3n) is 6.45. The number of hydrogen-bond donors (Lipinski definition) is 3. The van der Waals surface area contributed by atoms with E-state index in [2.05, 4.69) is 16.0 Å². The summed E-state index contributed by atoms with van der Waals surface area (Å²) in [6.45, 7) is 15.0. The molecule has 40 heavy (non-hydrogen) atoms. The van der Waals surface area contributed by atoms with Crippen LogP contribution in [0.5, 0.6) is 0 Å². The molecule has 0 heterocycles. The first-order chi connectivity index (χ1) is 18.7. The van der Waals surface area contributed by atoms with E-state index in [4.69, 9.17) is 4.74 Å². The highest BCUT2D eigenvalue weighted by molar-refractivity contribution is 5.97. The third-order valence-corrected chi connectivity index (χ3v) is 6.45. The molecule has 0 radical (unpaired) electrons. The number of carbonyl (C=O) groups is 5. The van der Waals surface area contributed by atoms with Crippen LogP contribution in [0.25, 0.3) is 0 Å². The van der Waals surface area contributed by atoms with Crippen LogP contribution in [0.1, 0.15) is 100 Å². The first kappa shape index (κ1) is 34.8. The summed E-state index contributed by atoms with van der Waals surface area (Å²) in [6, 6.07) is 2.15. The number of nitrogens with one attached hydrogen (secondary N) is 3. The Hall–Kier alpha value is -3.23. The van der Waals surface area contributed by atoms with Gasteiger partial charge in [0.15, 0.2) is 12.4 Å². The summed E-state index contributed by atoms with van der Waals surface area (Å²) in [4.78, 5) is 62.6. The molecule has 0 bridgehead atoms. The SMILES string of the molecule is CC(=O)NCCCCCC(=O)N[C@@H](CC(C)C)C(=O)N[C@@H](CC(C)C)C(=O)COC(=O)c1c(C)cc(C)cc1C. The maximum atomic E-state index is 13.2. The number of rotatable bonds is 17. The van der Waals surface area contributed by atoms with Gasteiger partial charge in [-0.05, 0) is 69.4 Å². The molecule has 0 unspecified atom stereocenters. The highest BCUT2D eigenvalue weighted by Crippen LogP contribution is 2.18. The lowest BCUT2D eigenvalue weighted by atomic mass is 9.98. The van der Waals surface area contributed by atoms with Crippen molar-refractivity contribution in [2.75, 3.05) is 13.2 Å². The Morgan fingerprint density at radius 1 is 0.800 bits per heavy atom. The van der Waals surface area contributed by atoms with Gasteiger partial charge >= 0.3 is 5.97 Å². The Bertz CT molecular complexity index is 1010. The maximum Gasteiger partial charge on any atom is 0.339 e. The second-order valence-electron chi connectivity index (χ2n) is 11.6. The van der Waals surface area contributed by atoms with Crippen LogP contribution in [0.15, 0.2) is 12.1 Å². The highest BCUT2D eigenvalue weighted by Gasteiger charge is 2.28. The molecule has 0 spiro atoms. The zero-order chi connectivity index (χ0) is 30.4. The molecular weight excluding hydrogens is 510 g/mol. The predicted octanol–water partition coefficient (Wildman–Crippen LogP) is 4.10. The summed E-state index contributed by atoms with van der Waals surface area (Å²) in [5.41, 5.74) is 3.04. The molecule has 9 nitrogen and oxygen atoms in total. The van der Waals surface area contributed by atoms with Crippen molar-refractivity contribution in [3.05, 3.63) is 34.4 Å².